The second-order valence-corrected chi connectivity index (χ2v) is 7.90. The van der Waals surface area contributed by atoms with Crippen LogP contribution in [0.5, 0.6) is 0 Å². The van der Waals surface area contributed by atoms with Crippen molar-refractivity contribution in [1.82, 2.24) is 15.5 Å². The summed E-state index contributed by atoms with van der Waals surface area (Å²) in [7, 11) is 6.03. The number of benzene rings is 2. The molecule has 0 saturated carbocycles. The van der Waals surface area contributed by atoms with Crippen molar-refractivity contribution >= 4 is 11.6 Å². The summed E-state index contributed by atoms with van der Waals surface area (Å²) < 4.78 is 0. The van der Waals surface area contributed by atoms with Gasteiger partial charge in [-0.05, 0) is 50.7 Å². The molecule has 2 aromatic carbocycles. The van der Waals surface area contributed by atoms with Crippen molar-refractivity contribution in [3.63, 3.8) is 0 Å². The highest BCUT2D eigenvalue weighted by Crippen LogP contribution is 2.20. The molecule has 28 heavy (non-hydrogen) atoms. The molecule has 0 radical (unpaired) electrons. The number of aryl methyl sites for hydroxylation is 1. The highest BCUT2D eigenvalue weighted by Gasteiger charge is 2.23. The third-order valence-corrected chi connectivity index (χ3v) is 5.10. The first kappa shape index (κ1) is 20.2. The van der Waals surface area contributed by atoms with Crippen LogP contribution in [0.15, 0.2) is 53.5 Å². The molecule has 1 aliphatic rings. The van der Waals surface area contributed by atoms with Crippen molar-refractivity contribution in [1.29, 1.82) is 0 Å². The van der Waals surface area contributed by atoms with Gasteiger partial charge in [0.1, 0.15) is 0 Å². The molecule has 1 unspecified atom stereocenters. The van der Waals surface area contributed by atoms with Crippen LogP contribution in [0.3, 0.4) is 0 Å². The summed E-state index contributed by atoms with van der Waals surface area (Å²) in [6, 6.07) is 17.9. The van der Waals surface area contributed by atoms with E-state index in [9.17, 15) is 0 Å². The van der Waals surface area contributed by atoms with Gasteiger partial charge in [0.2, 0.25) is 0 Å². The standard InChI is InChI=1S/C23H33N5/c1-18-8-10-22(11-9-18)28-13-12-21(17-28)26-23(24-2)25-15-19-6-5-7-20(14-19)16-27(3)4/h5-11,14,21H,12-13,15-17H2,1-4H3,(H2,24,25,26). The van der Waals surface area contributed by atoms with Gasteiger partial charge in [-0.1, -0.05) is 42.0 Å². The molecule has 1 heterocycles. The van der Waals surface area contributed by atoms with Crippen molar-refractivity contribution in [2.45, 2.75) is 32.5 Å². The Hall–Kier alpha value is -2.53. The van der Waals surface area contributed by atoms with Crippen LogP contribution in [0.2, 0.25) is 0 Å². The molecule has 5 nitrogen and oxygen atoms in total. The van der Waals surface area contributed by atoms with Gasteiger partial charge in [-0.3, -0.25) is 4.99 Å². The zero-order valence-corrected chi connectivity index (χ0v) is 17.6. The Morgan fingerprint density at radius 2 is 1.89 bits per heavy atom. The summed E-state index contributed by atoms with van der Waals surface area (Å²) in [5.74, 6) is 0.869. The molecule has 150 valence electrons. The summed E-state index contributed by atoms with van der Waals surface area (Å²) in [6.45, 7) is 5.93. The van der Waals surface area contributed by atoms with Gasteiger partial charge in [0.15, 0.2) is 5.96 Å². The Balaban J connectivity index is 1.50. The molecule has 2 N–H and O–H groups in total. The fourth-order valence-corrected chi connectivity index (χ4v) is 3.65. The molecular formula is C23H33N5. The zero-order chi connectivity index (χ0) is 19.9. The minimum Gasteiger partial charge on any atom is -0.369 e. The first-order valence-corrected chi connectivity index (χ1v) is 10.0. The van der Waals surface area contributed by atoms with Gasteiger partial charge in [0, 0.05) is 45.0 Å². The van der Waals surface area contributed by atoms with Crippen molar-refractivity contribution in [3.8, 4) is 0 Å². The topological polar surface area (TPSA) is 42.9 Å². The van der Waals surface area contributed by atoms with E-state index in [1.54, 1.807) is 0 Å². The quantitative estimate of drug-likeness (QED) is 0.598. The Kier molecular flexibility index (Phi) is 6.93. The fourth-order valence-electron chi connectivity index (χ4n) is 3.65. The highest BCUT2D eigenvalue weighted by atomic mass is 15.2. The maximum absolute atomic E-state index is 4.41. The van der Waals surface area contributed by atoms with Gasteiger partial charge >= 0.3 is 0 Å². The van der Waals surface area contributed by atoms with E-state index < -0.39 is 0 Å². The number of nitrogens with one attached hydrogen (secondary N) is 2. The largest absolute Gasteiger partial charge is 0.369 e. The minimum absolute atomic E-state index is 0.410. The first-order chi connectivity index (χ1) is 13.5. The Bertz CT molecular complexity index is 782. The average molecular weight is 380 g/mol. The number of guanidine groups is 1. The van der Waals surface area contributed by atoms with Gasteiger partial charge in [0.05, 0.1) is 0 Å². The third-order valence-electron chi connectivity index (χ3n) is 5.10. The molecule has 0 spiro atoms. The van der Waals surface area contributed by atoms with E-state index >= 15 is 0 Å². The SMILES string of the molecule is CN=C(NCc1cccc(CN(C)C)c1)NC1CCN(c2ccc(C)cc2)C1. The normalized spacial score (nSPS) is 17.2. The second-order valence-electron chi connectivity index (χ2n) is 7.90. The number of anilines is 1. The van der Waals surface area contributed by atoms with E-state index in [4.69, 9.17) is 0 Å². The van der Waals surface area contributed by atoms with Crippen LogP contribution < -0.4 is 15.5 Å². The molecule has 5 heteroatoms. The van der Waals surface area contributed by atoms with Crippen molar-refractivity contribution in [2.75, 3.05) is 39.1 Å². The molecule has 3 rings (SSSR count). The Morgan fingerprint density at radius 3 is 2.61 bits per heavy atom. The van der Waals surface area contributed by atoms with Crippen LogP contribution in [0, 0.1) is 6.92 Å². The number of aliphatic imine (C=N–C) groups is 1. The molecule has 1 fully saturated rings. The predicted octanol–water partition coefficient (Wildman–Crippen LogP) is 3.00. The summed E-state index contributed by atoms with van der Waals surface area (Å²) >= 11 is 0. The molecule has 0 bridgehead atoms. The first-order valence-electron chi connectivity index (χ1n) is 10.0. The van der Waals surface area contributed by atoms with E-state index in [-0.39, 0.29) is 0 Å². The van der Waals surface area contributed by atoms with Gasteiger partial charge < -0.3 is 20.4 Å². The lowest BCUT2D eigenvalue weighted by atomic mass is 10.1. The highest BCUT2D eigenvalue weighted by molar-refractivity contribution is 5.80. The number of rotatable bonds is 6. The summed E-state index contributed by atoms with van der Waals surface area (Å²) in [5, 5.41) is 7.04. The third kappa shape index (κ3) is 5.73. The van der Waals surface area contributed by atoms with E-state index in [0.29, 0.717) is 6.04 Å². The minimum atomic E-state index is 0.410. The van der Waals surface area contributed by atoms with Crippen molar-refractivity contribution < 1.29 is 0 Å². The van der Waals surface area contributed by atoms with Crippen LogP contribution in [0.4, 0.5) is 5.69 Å². The van der Waals surface area contributed by atoms with E-state index in [1.165, 1.54) is 22.4 Å². The van der Waals surface area contributed by atoms with Crippen molar-refractivity contribution in [3.05, 3.63) is 65.2 Å². The van der Waals surface area contributed by atoms with E-state index in [2.05, 4.69) is 95.0 Å². The van der Waals surface area contributed by atoms with E-state index in [1.807, 2.05) is 7.05 Å². The number of nitrogens with zero attached hydrogens (tertiary/aromatic N) is 3. The summed E-state index contributed by atoms with van der Waals surface area (Å²) in [6.07, 6.45) is 1.12. The number of hydrogen-bond acceptors (Lipinski definition) is 3. The van der Waals surface area contributed by atoms with Crippen LogP contribution in [0.25, 0.3) is 0 Å². The zero-order valence-electron chi connectivity index (χ0n) is 17.6. The monoisotopic (exact) mass is 379 g/mol. The Labute approximate surface area is 169 Å². The van der Waals surface area contributed by atoms with Crippen molar-refractivity contribution in [2.24, 2.45) is 4.99 Å². The molecule has 0 aromatic heterocycles. The van der Waals surface area contributed by atoms with Gasteiger partial charge in [0.25, 0.3) is 0 Å². The predicted molar refractivity (Wildman–Crippen MR) is 119 cm³/mol. The van der Waals surface area contributed by atoms with Crippen LogP contribution in [-0.2, 0) is 13.1 Å². The lowest BCUT2D eigenvalue weighted by Crippen LogP contribution is -2.44. The molecular weight excluding hydrogens is 346 g/mol. The van der Waals surface area contributed by atoms with Crippen LogP contribution in [-0.4, -0.2) is 51.1 Å². The molecule has 1 aliphatic heterocycles. The lowest BCUT2D eigenvalue weighted by Gasteiger charge is -2.20. The lowest BCUT2D eigenvalue weighted by molar-refractivity contribution is 0.402. The molecule has 1 saturated heterocycles. The Morgan fingerprint density at radius 1 is 1.14 bits per heavy atom. The van der Waals surface area contributed by atoms with E-state index in [0.717, 1.165) is 38.6 Å². The molecule has 2 aromatic rings. The smallest absolute Gasteiger partial charge is 0.191 e. The molecule has 0 amide bonds. The maximum atomic E-state index is 4.41. The molecule has 0 aliphatic carbocycles. The summed E-state index contributed by atoms with van der Waals surface area (Å²) in [4.78, 5) is 9.04. The van der Waals surface area contributed by atoms with Gasteiger partial charge in [-0.15, -0.1) is 0 Å². The van der Waals surface area contributed by atoms with Crippen LogP contribution >= 0.6 is 0 Å². The average Bonchev–Trinajstić information content (AvgIpc) is 3.14. The fraction of sp³-hybridized carbons (Fsp3) is 0.435. The van der Waals surface area contributed by atoms with Gasteiger partial charge in [-0.2, -0.15) is 0 Å². The maximum Gasteiger partial charge on any atom is 0.191 e. The second kappa shape index (κ2) is 9.60. The van der Waals surface area contributed by atoms with Crippen LogP contribution in [0.1, 0.15) is 23.1 Å². The molecule has 1 atom stereocenters. The van der Waals surface area contributed by atoms with Gasteiger partial charge in [-0.25, -0.2) is 0 Å². The number of hydrogen-bond donors (Lipinski definition) is 2. The summed E-state index contributed by atoms with van der Waals surface area (Å²) in [5.41, 5.74) is 5.21.